The summed E-state index contributed by atoms with van der Waals surface area (Å²) in [6, 6.07) is 18.7. The van der Waals surface area contributed by atoms with Crippen molar-refractivity contribution in [1.82, 2.24) is 4.98 Å². The Labute approximate surface area is 184 Å². The third-order valence-corrected chi connectivity index (χ3v) is 8.93. The third kappa shape index (κ3) is 3.44. The zero-order valence-corrected chi connectivity index (χ0v) is 20.2. The van der Waals surface area contributed by atoms with E-state index in [0.717, 1.165) is 10.9 Å². The summed E-state index contributed by atoms with van der Waals surface area (Å²) in [6.45, 7) is 7.75. The number of fused-ring (bicyclic) bond motifs is 3. The molecule has 1 aromatic heterocycles. The molecule has 29 heavy (non-hydrogen) atoms. The molecule has 2 heterocycles. The first kappa shape index (κ1) is 21.4. The predicted molar refractivity (Wildman–Crippen MR) is 119 cm³/mol. The maximum Gasteiger partial charge on any atom is 0.155 e. The second kappa shape index (κ2) is 7.83. The van der Waals surface area contributed by atoms with Crippen LogP contribution in [-0.2, 0) is 24.9 Å². The Hall–Kier alpha value is -2.33. The minimum atomic E-state index is -1.60. The van der Waals surface area contributed by atoms with Gasteiger partial charge in [0.1, 0.15) is 8.07 Å². The molecule has 1 aliphatic rings. The van der Waals surface area contributed by atoms with Crippen LogP contribution in [-0.4, -0.2) is 23.9 Å². The molecule has 5 rings (SSSR count). The van der Waals surface area contributed by atoms with E-state index in [0.29, 0.717) is 0 Å². The number of carbonyl (C=O) groups excluding carboxylic acids is 1. The quantitative estimate of drug-likeness (QED) is 0.119. The fourth-order valence-corrected chi connectivity index (χ4v) is 7.34. The molecule has 0 unspecified atom stereocenters. The van der Waals surface area contributed by atoms with E-state index in [9.17, 15) is 4.79 Å². The molecule has 0 amide bonds. The van der Waals surface area contributed by atoms with Crippen LogP contribution >= 0.6 is 0 Å². The van der Waals surface area contributed by atoms with Crippen molar-refractivity contribution in [1.29, 1.82) is 0 Å². The SMILES string of the molecule is CC(=O)/C=C(/C)O.C[Si]1(C)c2cccc3c4ccc[c-]c4c4nccc1c4c23.[Ir]. The van der Waals surface area contributed by atoms with Crippen molar-refractivity contribution in [3.05, 3.63) is 66.6 Å². The molecule has 3 nitrogen and oxygen atoms in total. The molecule has 5 heteroatoms. The molecule has 0 saturated heterocycles. The van der Waals surface area contributed by atoms with Crippen molar-refractivity contribution in [2.45, 2.75) is 26.9 Å². The summed E-state index contributed by atoms with van der Waals surface area (Å²) in [5, 5.41) is 18.1. The van der Waals surface area contributed by atoms with Crippen LogP contribution in [0.3, 0.4) is 0 Å². The van der Waals surface area contributed by atoms with Gasteiger partial charge in [0.25, 0.3) is 0 Å². The summed E-state index contributed by atoms with van der Waals surface area (Å²) in [6.07, 6.45) is 3.14. The Kier molecular flexibility index (Phi) is 5.77. The molecule has 0 spiro atoms. The zero-order chi connectivity index (χ0) is 20.1. The number of benzene rings is 3. The van der Waals surface area contributed by atoms with Crippen LogP contribution in [0.2, 0.25) is 13.1 Å². The minimum absolute atomic E-state index is 0. The number of ketones is 1. The molecular weight excluding hydrogens is 555 g/mol. The number of aromatic nitrogens is 1. The van der Waals surface area contributed by atoms with Crippen LogP contribution in [0.4, 0.5) is 0 Å². The zero-order valence-electron chi connectivity index (χ0n) is 16.8. The summed E-state index contributed by atoms with van der Waals surface area (Å²) in [7, 11) is -1.60. The fourth-order valence-electron chi connectivity index (χ4n) is 4.29. The van der Waals surface area contributed by atoms with Gasteiger partial charge < -0.3 is 10.1 Å². The van der Waals surface area contributed by atoms with Gasteiger partial charge in [-0.3, -0.25) is 4.79 Å². The molecule has 3 aromatic carbocycles. The normalized spacial score (nSPS) is 14.0. The van der Waals surface area contributed by atoms with Crippen molar-refractivity contribution in [2.75, 3.05) is 0 Å². The predicted octanol–water partition coefficient (Wildman–Crippen LogP) is 4.51. The van der Waals surface area contributed by atoms with E-state index in [4.69, 9.17) is 10.1 Å². The van der Waals surface area contributed by atoms with Crippen LogP contribution in [0.25, 0.3) is 32.4 Å². The monoisotopic (exact) mass is 577 g/mol. The smallest absolute Gasteiger partial charge is 0.155 e. The van der Waals surface area contributed by atoms with E-state index < -0.39 is 8.07 Å². The van der Waals surface area contributed by atoms with E-state index in [1.54, 1.807) is 5.19 Å². The number of carbonyl (C=O) groups is 1. The van der Waals surface area contributed by atoms with Crippen molar-refractivity contribution >= 4 is 56.7 Å². The van der Waals surface area contributed by atoms with Crippen LogP contribution < -0.4 is 10.4 Å². The maximum atomic E-state index is 10.0. The third-order valence-electron chi connectivity index (χ3n) is 5.41. The molecule has 1 radical (unpaired) electrons. The van der Waals surface area contributed by atoms with Gasteiger partial charge in [0.2, 0.25) is 0 Å². The Morgan fingerprint density at radius 3 is 2.38 bits per heavy atom. The number of aliphatic hydroxyl groups is 1. The number of aliphatic hydroxyl groups excluding tert-OH is 1. The number of hydrogen-bond donors (Lipinski definition) is 1. The topological polar surface area (TPSA) is 50.2 Å². The Morgan fingerprint density at radius 1 is 1.03 bits per heavy atom. The Bertz CT molecular complexity index is 1210. The number of hydrogen-bond acceptors (Lipinski definition) is 3. The molecule has 1 aliphatic heterocycles. The van der Waals surface area contributed by atoms with Gasteiger partial charge in [-0.2, -0.15) is 0 Å². The van der Waals surface area contributed by atoms with E-state index in [1.807, 2.05) is 12.3 Å². The Balaban J connectivity index is 0.000000263. The molecule has 0 fully saturated rings. The second-order valence-electron chi connectivity index (χ2n) is 7.79. The van der Waals surface area contributed by atoms with Crippen LogP contribution in [0.15, 0.2) is 60.5 Å². The molecule has 1 N–H and O–H groups in total. The van der Waals surface area contributed by atoms with E-state index in [1.165, 1.54) is 46.7 Å². The molecule has 149 valence electrons. The number of allylic oxidation sites excluding steroid dienone is 2. The first-order valence-electron chi connectivity index (χ1n) is 9.35. The van der Waals surface area contributed by atoms with Crippen molar-refractivity contribution in [3.8, 4) is 0 Å². The van der Waals surface area contributed by atoms with Crippen molar-refractivity contribution in [2.24, 2.45) is 0 Å². The molecule has 0 bridgehead atoms. The molecule has 0 saturated carbocycles. The Morgan fingerprint density at radius 2 is 1.72 bits per heavy atom. The number of pyridine rings is 1. The van der Waals surface area contributed by atoms with Crippen molar-refractivity contribution < 1.29 is 30.0 Å². The number of nitrogens with zero attached hydrogens (tertiary/aromatic N) is 1. The first-order chi connectivity index (χ1) is 13.3. The average Bonchev–Trinajstić information content (AvgIpc) is 2.89. The fraction of sp³-hybridized carbons (Fsp3) is 0.167. The summed E-state index contributed by atoms with van der Waals surface area (Å²) < 4.78 is 0. The van der Waals surface area contributed by atoms with E-state index in [-0.39, 0.29) is 31.6 Å². The number of rotatable bonds is 1. The first-order valence-corrected chi connectivity index (χ1v) is 12.3. The van der Waals surface area contributed by atoms with E-state index in [2.05, 4.69) is 55.6 Å². The van der Waals surface area contributed by atoms with Gasteiger partial charge in [-0.15, -0.1) is 29.7 Å². The van der Waals surface area contributed by atoms with E-state index >= 15 is 0 Å². The average molecular weight is 577 g/mol. The molecular formula is C24H22IrNO2Si-. The molecule has 4 aromatic rings. The van der Waals surface area contributed by atoms with Crippen molar-refractivity contribution in [3.63, 3.8) is 0 Å². The summed E-state index contributed by atoms with van der Waals surface area (Å²) in [4.78, 5) is 14.7. The molecule has 0 aliphatic carbocycles. The van der Waals surface area contributed by atoms with Gasteiger partial charge in [0.15, 0.2) is 5.78 Å². The van der Waals surface area contributed by atoms with Gasteiger partial charge in [0, 0.05) is 32.4 Å². The molecule has 0 atom stereocenters. The van der Waals surface area contributed by atoms with Gasteiger partial charge in [0.05, 0.1) is 5.76 Å². The summed E-state index contributed by atoms with van der Waals surface area (Å²) in [5.74, 6) is -0.0625. The maximum absolute atomic E-state index is 10.0. The van der Waals surface area contributed by atoms with Gasteiger partial charge in [-0.25, -0.2) is 0 Å². The van der Waals surface area contributed by atoms with Gasteiger partial charge >= 0.3 is 0 Å². The van der Waals surface area contributed by atoms with Crippen LogP contribution in [0.5, 0.6) is 0 Å². The standard InChI is InChI=1S/C19H14NSi.C5H8O2.Ir/c1-21(2)15-9-5-8-13-12-6-3-4-7-14(12)19-18(17(13)15)16(21)10-11-20-19;1-4(6)3-5(2)7;/h3-6,8-11H,1-2H3;3,6H,1-2H3;/q-1;;/b;4-3-;. The summed E-state index contributed by atoms with van der Waals surface area (Å²) in [5.41, 5.74) is 1.13. The summed E-state index contributed by atoms with van der Waals surface area (Å²) >= 11 is 0. The largest absolute Gasteiger partial charge is 0.512 e. The minimum Gasteiger partial charge on any atom is -0.512 e. The van der Waals surface area contributed by atoms with Crippen LogP contribution in [0, 0.1) is 6.07 Å². The van der Waals surface area contributed by atoms with Crippen LogP contribution in [0.1, 0.15) is 13.8 Å². The van der Waals surface area contributed by atoms with Gasteiger partial charge in [-0.05, 0) is 41.4 Å². The second-order valence-corrected chi connectivity index (χ2v) is 12.1. The van der Waals surface area contributed by atoms with Gasteiger partial charge in [-0.1, -0.05) is 47.3 Å².